The van der Waals surface area contributed by atoms with Crippen LogP contribution < -0.4 is 0 Å². The third kappa shape index (κ3) is 3.96. The summed E-state index contributed by atoms with van der Waals surface area (Å²) in [5, 5.41) is 0. The Hall–Kier alpha value is -2.06. The maximum absolute atomic E-state index is 11.5. The number of hydrogen-bond donors (Lipinski definition) is 1. The van der Waals surface area contributed by atoms with E-state index in [0.29, 0.717) is 5.92 Å². The summed E-state index contributed by atoms with van der Waals surface area (Å²) >= 11 is 4.86. The second kappa shape index (κ2) is 7.90. The smallest absolute Gasteiger partial charge is 0.150 e. The molecule has 27 heavy (non-hydrogen) atoms. The van der Waals surface area contributed by atoms with Crippen molar-refractivity contribution in [3.8, 4) is 0 Å². The first-order chi connectivity index (χ1) is 12.9. The topological polar surface area (TPSA) is 17.1 Å². The molecule has 0 aliphatic heterocycles. The number of benzene rings is 2. The summed E-state index contributed by atoms with van der Waals surface area (Å²) in [7, 11) is 0. The van der Waals surface area contributed by atoms with Crippen molar-refractivity contribution in [1.82, 2.24) is 0 Å². The van der Waals surface area contributed by atoms with Gasteiger partial charge in [0.25, 0.3) is 0 Å². The van der Waals surface area contributed by atoms with Crippen molar-refractivity contribution in [2.45, 2.75) is 51.2 Å². The van der Waals surface area contributed by atoms with Crippen molar-refractivity contribution < 1.29 is 4.79 Å². The molecule has 1 nitrogen and oxygen atoms in total. The minimum absolute atomic E-state index is 0.171. The Kier molecular flexibility index (Phi) is 5.76. The van der Waals surface area contributed by atoms with Crippen LogP contribution in [0, 0.1) is 6.92 Å². The first-order valence-corrected chi connectivity index (χ1v) is 10.1. The van der Waals surface area contributed by atoms with Crippen molar-refractivity contribution >= 4 is 36.1 Å². The molecule has 2 unspecified atom stereocenters. The highest BCUT2D eigenvalue weighted by Gasteiger charge is 2.50. The van der Waals surface area contributed by atoms with Gasteiger partial charge in [0.05, 0.1) is 0 Å². The number of carbonyl (C=O) groups excluding carboxylic acids is 1. The molecule has 2 aromatic rings. The SMILES string of the molecule is C/C=C(\C=O)c1cccc(C)c1/C=C(\C)c1cccc(C2CC2(S)CC)c1. The Bertz CT molecular complexity index is 922. The Labute approximate surface area is 168 Å². The van der Waals surface area contributed by atoms with E-state index in [1.165, 1.54) is 22.3 Å². The fourth-order valence-electron chi connectivity index (χ4n) is 3.82. The van der Waals surface area contributed by atoms with E-state index in [9.17, 15) is 4.79 Å². The summed E-state index contributed by atoms with van der Waals surface area (Å²) in [4.78, 5) is 11.5. The molecular weight excluding hydrogens is 348 g/mol. The van der Waals surface area contributed by atoms with Gasteiger partial charge in [-0.25, -0.2) is 0 Å². The van der Waals surface area contributed by atoms with Gasteiger partial charge in [-0.15, -0.1) is 0 Å². The molecule has 1 aliphatic rings. The lowest BCUT2D eigenvalue weighted by Crippen LogP contribution is -1.99. The normalized spacial score (nSPS) is 22.6. The molecule has 0 bridgehead atoms. The lowest BCUT2D eigenvalue weighted by Gasteiger charge is -2.12. The van der Waals surface area contributed by atoms with Crippen LogP contribution in [0.4, 0.5) is 0 Å². The molecule has 2 heteroatoms. The van der Waals surface area contributed by atoms with Crippen LogP contribution in [-0.4, -0.2) is 11.0 Å². The second-order valence-corrected chi connectivity index (χ2v) is 8.46. The molecule has 2 aromatic carbocycles. The molecule has 1 aliphatic carbocycles. The minimum atomic E-state index is 0.171. The first-order valence-electron chi connectivity index (χ1n) is 9.66. The fourth-order valence-corrected chi connectivity index (χ4v) is 4.16. The maximum Gasteiger partial charge on any atom is 0.150 e. The highest BCUT2D eigenvalue weighted by Crippen LogP contribution is 2.58. The lowest BCUT2D eigenvalue weighted by molar-refractivity contribution is -0.103. The van der Waals surface area contributed by atoms with E-state index in [1.807, 2.05) is 25.1 Å². The monoisotopic (exact) mass is 376 g/mol. The summed E-state index contributed by atoms with van der Waals surface area (Å²) in [5.41, 5.74) is 7.82. The van der Waals surface area contributed by atoms with E-state index < -0.39 is 0 Å². The number of carbonyl (C=O) groups is 1. The van der Waals surface area contributed by atoms with Crippen LogP contribution in [0.1, 0.15) is 67.3 Å². The zero-order chi connectivity index (χ0) is 19.6. The van der Waals surface area contributed by atoms with Crippen LogP contribution in [0.2, 0.25) is 0 Å². The number of rotatable bonds is 6. The zero-order valence-electron chi connectivity index (χ0n) is 16.6. The van der Waals surface area contributed by atoms with E-state index in [1.54, 1.807) is 0 Å². The molecule has 1 fully saturated rings. The summed E-state index contributed by atoms with van der Waals surface area (Å²) in [6, 6.07) is 15.0. The summed E-state index contributed by atoms with van der Waals surface area (Å²) < 4.78 is 0.171. The molecule has 3 rings (SSSR count). The van der Waals surface area contributed by atoms with Gasteiger partial charge < -0.3 is 0 Å². The fraction of sp³-hybridized carbons (Fsp3) is 0.320. The van der Waals surface area contributed by atoms with E-state index in [0.717, 1.165) is 35.8 Å². The molecule has 0 radical (unpaired) electrons. The number of aldehydes is 1. The van der Waals surface area contributed by atoms with E-state index >= 15 is 0 Å². The largest absolute Gasteiger partial charge is 0.298 e. The zero-order valence-corrected chi connectivity index (χ0v) is 17.5. The molecular formula is C25H28OS. The summed E-state index contributed by atoms with van der Waals surface area (Å²) in [5.74, 6) is 0.553. The average molecular weight is 377 g/mol. The van der Waals surface area contributed by atoms with Crippen molar-refractivity contribution in [1.29, 1.82) is 0 Å². The van der Waals surface area contributed by atoms with Gasteiger partial charge in [0.2, 0.25) is 0 Å². The molecule has 0 aromatic heterocycles. The lowest BCUT2D eigenvalue weighted by atomic mass is 9.93. The van der Waals surface area contributed by atoms with E-state index in [-0.39, 0.29) is 4.75 Å². The standard InChI is InChI=1S/C25H28OS/c1-5-19(16-26)22-12-7-9-17(3)23(22)13-18(4)20-10-8-11-21(14-20)24-15-25(24,27)6-2/h5,7-14,16,24,27H,6,15H2,1-4H3/b18-13+,19-5+. The van der Waals surface area contributed by atoms with E-state index in [2.05, 4.69) is 57.2 Å². The van der Waals surface area contributed by atoms with Gasteiger partial charge in [-0.2, -0.15) is 12.6 Å². The van der Waals surface area contributed by atoms with Crippen LogP contribution in [0.25, 0.3) is 17.2 Å². The highest BCUT2D eigenvalue weighted by molar-refractivity contribution is 7.82. The Morgan fingerprint density at radius 2 is 2.00 bits per heavy atom. The Morgan fingerprint density at radius 1 is 1.26 bits per heavy atom. The molecule has 0 spiro atoms. The van der Waals surface area contributed by atoms with Crippen LogP contribution in [0.15, 0.2) is 48.5 Å². The van der Waals surface area contributed by atoms with E-state index in [4.69, 9.17) is 12.6 Å². The van der Waals surface area contributed by atoms with Crippen molar-refractivity contribution in [2.75, 3.05) is 0 Å². The van der Waals surface area contributed by atoms with Gasteiger partial charge in [-0.05, 0) is 72.9 Å². The molecule has 0 saturated heterocycles. The van der Waals surface area contributed by atoms with Crippen molar-refractivity contribution in [3.63, 3.8) is 0 Å². The Balaban J connectivity index is 1.99. The van der Waals surface area contributed by atoms with Crippen molar-refractivity contribution in [3.05, 3.63) is 76.4 Å². The van der Waals surface area contributed by atoms with Crippen LogP contribution in [0.5, 0.6) is 0 Å². The Morgan fingerprint density at radius 3 is 2.63 bits per heavy atom. The molecule has 140 valence electrons. The predicted molar refractivity (Wildman–Crippen MR) is 120 cm³/mol. The minimum Gasteiger partial charge on any atom is -0.298 e. The summed E-state index contributed by atoms with van der Waals surface area (Å²) in [6.45, 7) is 8.36. The van der Waals surface area contributed by atoms with Crippen LogP contribution >= 0.6 is 12.6 Å². The van der Waals surface area contributed by atoms with Gasteiger partial charge in [0.1, 0.15) is 6.29 Å². The number of aryl methyl sites for hydroxylation is 1. The first kappa shape index (κ1) is 19.7. The molecule has 0 N–H and O–H groups in total. The van der Waals surface area contributed by atoms with Gasteiger partial charge in [-0.1, -0.05) is 61.5 Å². The molecule has 2 atom stereocenters. The quantitative estimate of drug-likeness (QED) is 0.256. The third-order valence-electron chi connectivity index (χ3n) is 5.84. The number of hydrogen-bond acceptors (Lipinski definition) is 2. The highest BCUT2D eigenvalue weighted by atomic mass is 32.1. The third-order valence-corrected chi connectivity index (χ3v) is 6.65. The molecule has 0 heterocycles. The number of allylic oxidation sites excluding steroid dienone is 3. The van der Waals surface area contributed by atoms with Gasteiger partial charge in [0, 0.05) is 10.3 Å². The molecule has 1 saturated carbocycles. The van der Waals surface area contributed by atoms with Gasteiger partial charge >= 0.3 is 0 Å². The maximum atomic E-state index is 11.5. The van der Waals surface area contributed by atoms with Crippen LogP contribution in [-0.2, 0) is 4.79 Å². The van der Waals surface area contributed by atoms with Crippen molar-refractivity contribution in [2.24, 2.45) is 0 Å². The summed E-state index contributed by atoms with van der Waals surface area (Å²) in [6.07, 6.45) is 7.28. The average Bonchev–Trinajstić information content (AvgIpc) is 3.37. The van der Waals surface area contributed by atoms with Gasteiger partial charge in [-0.3, -0.25) is 4.79 Å². The molecule has 0 amide bonds. The van der Waals surface area contributed by atoms with Gasteiger partial charge in [0.15, 0.2) is 0 Å². The number of thiol groups is 1. The second-order valence-electron chi connectivity index (χ2n) is 7.56. The predicted octanol–water partition coefficient (Wildman–Crippen LogP) is 6.72. The van der Waals surface area contributed by atoms with Crippen LogP contribution in [0.3, 0.4) is 0 Å².